The van der Waals surface area contributed by atoms with Gasteiger partial charge < -0.3 is 9.40 Å². The number of thioether (sulfide) groups is 1. The number of aryl methyl sites for hydroxylation is 2. The van der Waals surface area contributed by atoms with Crippen LogP contribution >= 0.6 is 11.8 Å². The molecule has 0 saturated carbocycles. The first kappa shape index (κ1) is 14.6. The maximum atomic E-state index is 12.1. The Morgan fingerprint density at radius 2 is 2.05 bits per heavy atom. The molecule has 0 unspecified atom stereocenters. The van der Waals surface area contributed by atoms with Gasteiger partial charge in [-0.1, -0.05) is 18.7 Å². The number of aromatic amines is 1. The Hall–Kier alpha value is -2.29. The number of hydrogen-bond donors (Lipinski definition) is 1. The fraction of sp³-hybridized carbons (Fsp3) is 0.385. The maximum absolute atomic E-state index is 12.1. The van der Waals surface area contributed by atoms with E-state index in [1.807, 2.05) is 6.92 Å². The Kier molecular flexibility index (Phi) is 3.65. The van der Waals surface area contributed by atoms with Gasteiger partial charge in [-0.25, -0.2) is 14.8 Å². The molecule has 0 aliphatic carbocycles. The van der Waals surface area contributed by atoms with E-state index in [1.54, 1.807) is 13.3 Å². The third-order valence-electron chi connectivity index (χ3n) is 3.37. The van der Waals surface area contributed by atoms with Crippen molar-refractivity contribution < 1.29 is 4.42 Å². The molecular weight excluding hydrogens is 306 g/mol. The Morgan fingerprint density at radius 1 is 1.27 bits per heavy atom. The van der Waals surface area contributed by atoms with Crippen molar-refractivity contribution in [3.63, 3.8) is 0 Å². The van der Waals surface area contributed by atoms with Gasteiger partial charge in [-0.15, -0.1) is 0 Å². The lowest BCUT2D eigenvalue weighted by Crippen LogP contribution is -2.36. The number of rotatable bonds is 4. The van der Waals surface area contributed by atoms with Crippen molar-refractivity contribution in [2.45, 2.75) is 24.3 Å². The minimum absolute atomic E-state index is 0.314. The van der Waals surface area contributed by atoms with Crippen LogP contribution in [-0.4, -0.2) is 24.1 Å². The molecule has 1 N–H and O–H groups in total. The van der Waals surface area contributed by atoms with Gasteiger partial charge in [0.2, 0.25) is 5.89 Å². The van der Waals surface area contributed by atoms with Crippen LogP contribution in [0, 0.1) is 0 Å². The zero-order valence-electron chi connectivity index (χ0n) is 12.4. The van der Waals surface area contributed by atoms with Crippen LogP contribution in [0.15, 0.2) is 25.4 Å². The van der Waals surface area contributed by atoms with Crippen molar-refractivity contribution >= 4 is 22.9 Å². The predicted molar refractivity (Wildman–Crippen MR) is 82.0 cm³/mol. The standard InChI is InChI=1S/C13H15N5O3S/c1-4-7-5-21-8(14-7)6-22-12-15-9-10(16-12)17(2)13(20)18(3)11(9)19/h5H,4,6H2,1-3H3,(H,15,16). The van der Waals surface area contributed by atoms with E-state index in [0.717, 1.165) is 16.7 Å². The molecule has 3 heterocycles. The minimum atomic E-state index is -0.402. The average Bonchev–Trinajstić information content (AvgIpc) is 3.15. The SMILES string of the molecule is CCc1coc(CSc2nc3c([nH]2)c(=O)n(C)c(=O)n3C)n1. The van der Waals surface area contributed by atoms with Crippen LogP contribution in [0.3, 0.4) is 0 Å². The number of aromatic nitrogens is 5. The van der Waals surface area contributed by atoms with Gasteiger partial charge in [-0.3, -0.25) is 13.9 Å². The molecular formula is C13H15N5O3S. The van der Waals surface area contributed by atoms with Gasteiger partial charge in [0.25, 0.3) is 5.56 Å². The second-order valence-electron chi connectivity index (χ2n) is 4.82. The monoisotopic (exact) mass is 321 g/mol. The topological polar surface area (TPSA) is 98.7 Å². The summed E-state index contributed by atoms with van der Waals surface area (Å²) in [7, 11) is 3.03. The van der Waals surface area contributed by atoms with Gasteiger partial charge in [-0.2, -0.15) is 0 Å². The lowest BCUT2D eigenvalue weighted by atomic mass is 10.4. The van der Waals surface area contributed by atoms with Crippen LogP contribution in [0.25, 0.3) is 11.2 Å². The minimum Gasteiger partial charge on any atom is -0.448 e. The summed E-state index contributed by atoms with van der Waals surface area (Å²) in [5.74, 6) is 1.10. The lowest BCUT2D eigenvalue weighted by molar-refractivity contribution is 0.516. The highest BCUT2D eigenvalue weighted by Crippen LogP contribution is 2.21. The second kappa shape index (κ2) is 5.48. The van der Waals surface area contributed by atoms with Gasteiger partial charge in [0.15, 0.2) is 16.3 Å². The van der Waals surface area contributed by atoms with Crippen LogP contribution in [0.4, 0.5) is 0 Å². The van der Waals surface area contributed by atoms with Crippen LogP contribution < -0.4 is 11.2 Å². The Balaban J connectivity index is 1.92. The molecule has 9 heteroatoms. The number of nitrogens with one attached hydrogen (secondary N) is 1. The van der Waals surface area contributed by atoms with Crippen molar-refractivity contribution in [1.29, 1.82) is 0 Å². The summed E-state index contributed by atoms with van der Waals surface area (Å²) in [5, 5.41) is 0.546. The molecule has 22 heavy (non-hydrogen) atoms. The summed E-state index contributed by atoms with van der Waals surface area (Å²) in [6, 6.07) is 0. The molecule has 0 aromatic carbocycles. The van der Waals surface area contributed by atoms with E-state index in [2.05, 4.69) is 15.0 Å². The van der Waals surface area contributed by atoms with Gasteiger partial charge in [0.05, 0.1) is 11.4 Å². The molecule has 0 fully saturated rings. The summed E-state index contributed by atoms with van der Waals surface area (Å²) < 4.78 is 7.74. The first-order chi connectivity index (χ1) is 10.5. The molecule has 8 nitrogen and oxygen atoms in total. The van der Waals surface area contributed by atoms with E-state index < -0.39 is 5.69 Å². The van der Waals surface area contributed by atoms with Crippen LogP contribution in [0.1, 0.15) is 18.5 Å². The highest BCUT2D eigenvalue weighted by molar-refractivity contribution is 7.98. The molecule has 0 spiro atoms. The van der Waals surface area contributed by atoms with E-state index in [9.17, 15) is 9.59 Å². The van der Waals surface area contributed by atoms with E-state index >= 15 is 0 Å². The number of fused-ring (bicyclic) bond motifs is 1. The fourth-order valence-electron chi connectivity index (χ4n) is 2.08. The van der Waals surface area contributed by atoms with Crippen molar-refractivity contribution in [1.82, 2.24) is 24.1 Å². The molecule has 0 aliphatic heterocycles. The Bertz CT molecular complexity index is 949. The van der Waals surface area contributed by atoms with Crippen LogP contribution in [0.2, 0.25) is 0 Å². The van der Waals surface area contributed by atoms with Gasteiger partial charge in [0.1, 0.15) is 6.26 Å². The summed E-state index contributed by atoms with van der Waals surface area (Å²) in [4.78, 5) is 35.5. The molecule has 0 bridgehead atoms. The molecule has 0 aliphatic rings. The number of hydrogen-bond acceptors (Lipinski definition) is 6. The normalized spacial score (nSPS) is 11.4. The van der Waals surface area contributed by atoms with E-state index in [1.165, 1.54) is 23.4 Å². The summed E-state index contributed by atoms with van der Waals surface area (Å²) in [5.41, 5.74) is 0.769. The van der Waals surface area contributed by atoms with Gasteiger partial charge in [-0.05, 0) is 6.42 Å². The smallest absolute Gasteiger partial charge is 0.332 e. The number of oxazole rings is 1. The number of H-pyrrole nitrogens is 1. The summed E-state index contributed by atoms with van der Waals surface area (Å²) in [6.07, 6.45) is 2.45. The zero-order chi connectivity index (χ0) is 15.9. The number of nitrogens with zero attached hydrogens (tertiary/aromatic N) is 4. The highest BCUT2D eigenvalue weighted by atomic mass is 32.2. The lowest BCUT2D eigenvalue weighted by Gasteiger charge is -2.00. The largest absolute Gasteiger partial charge is 0.448 e. The zero-order valence-corrected chi connectivity index (χ0v) is 13.2. The molecule has 3 aromatic heterocycles. The summed E-state index contributed by atoms with van der Waals surface area (Å²) in [6.45, 7) is 2.00. The molecule has 116 valence electrons. The third kappa shape index (κ3) is 2.37. The van der Waals surface area contributed by atoms with Crippen LogP contribution in [-0.2, 0) is 26.3 Å². The quantitative estimate of drug-likeness (QED) is 0.714. The number of imidazole rings is 1. The van der Waals surface area contributed by atoms with E-state index in [-0.39, 0.29) is 5.56 Å². The highest BCUT2D eigenvalue weighted by Gasteiger charge is 2.14. The fourth-order valence-corrected chi connectivity index (χ4v) is 2.80. The molecule has 0 amide bonds. The first-order valence-corrected chi connectivity index (χ1v) is 7.71. The van der Waals surface area contributed by atoms with Crippen molar-refractivity contribution in [2.24, 2.45) is 14.1 Å². The third-order valence-corrected chi connectivity index (χ3v) is 4.23. The first-order valence-electron chi connectivity index (χ1n) is 6.73. The van der Waals surface area contributed by atoms with E-state index in [0.29, 0.717) is 28.0 Å². The molecule has 3 rings (SSSR count). The molecule has 0 atom stereocenters. The summed E-state index contributed by atoms with van der Waals surface area (Å²) >= 11 is 1.37. The second-order valence-corrected chi connectivity index (χ2v) is 5.79. The Morgan fingerprint density at radius 3 is 2.73 bits per heavy atom. The average molecular weight is 321 g/mol. The van der Waals surface area contributed by atoms with Gasteiger partial charge >= 0.3 is 5.69 Å². The predicted octanol–water partition coefficient (Wildman–Crippen LogP) is 0.803. The molecule has 0 saturated heterocycles. The molecule has 0 radical (unpaired) electrons. The van der Waals surface area contributed by atoms with Crippen LogP contribution in [0.5, 0.6) is 0 Å². The van der Waals surface area contributed by atoms with Crippen molar-refractivity contribution in [3.8, 4) is 0 Å². The van der Waals surface area contributed by atoms with Crippen molar-refractivity contribution in [2.75, 3.05) is 0 Å². The van der Waals surface area contributed by atoms with Gasteiger partial charge in [0, 0.05) is 14.1 Å². The van der Waals surface area contributed by atoms with E-state index in [4.69, 9.17) is 4.42 Å². The maximum Gasteiger partial charge on any atom is 0.332 e. The van der Waals surface area contributed by atoms with Crippen molar-refractivity contribution in [3.05, 3.63) is 38.7 Å². The Labute approximate surface area is 129 Å². The molecule has 3 aromatic rings.